The Morgan fingerprint density at radius 2 is 2.11 bits per heavy atom. The third-order valence-electron chi connectivity index (χ3n) is 5.91. The van der Waals surface area contributed by atoms with Crippen molar-refractivity contribution in [2.45, 2.75) is 51.8 Å². The Bertz CT molecular complexity index is 926. The number of rotatable bonds is 5. The zero-order chi connectivity index (χ0) is 19.8. The molecule has 4 atom stereocenters. The summed E-state index contributed by atoms with van der Waals surface area (Å²) in [6, 6.07) is 1.68. The third kappa shape index (κ3) is 3.83. The number of carbonyl (C=O) groups is 1. The molecular formula is C19H27N5O3S. The number of carbonyl (C=O) groups excluding carboxylic acids is 1. The molecule has 1 aliphatic carbocycles. The van der Waals surface area contributed by atoms with Crippen molar-refractivity contribution < 1.29 is 9.53 Å². The molecule has 4 rings (SSSR count). The van der Waals surface area contributed by atoms with Crippen LogP contribution in [0.15, 0.2) is 10.9 Å². The lowest BCUT2D eigenvalue weighted by Gasteiger charge is -2.37. The van der Waals surface area contributed by atoms with Crippen molar-refractivity contribution in [3.05, 3.63) is 27.1 Å². The number of methoxy groups -OCH3 is 1. The zero-order valence-corrected chi connectivity index (χ0v) is 17.4. The van der Waals surface area contributed by atoms with Gasteiger partial charge in [-0.15, -0.1) is 0 Å². The van der Waals surface area contributed by atoms with Crippen LogP contribution in [0.2, 0.25) is 0 Å². The minimum atomic E-state index is -0.113. The lowest BCUT2D eigenvalue weighted by molar-refractivity contribution is -0.121. The maximum absolute atomic E-state index is 12.4. The summed E-state index contributed by atoms with van der Waals surface area (Å²) in [5, 5.41) is 8.28. The molecule has 1 amide bonds. The molecule has 0 aromatic carbocycles. The van der Waals surface area contributed by atoms with E-state index in [1.54, 1.807) is 20.1 Å². The van der Waals surface area contributed by atoms with Crippen LogP contribution in [0, 0.1) is 11.8 Å². The number of fused-ring (bicyclic) bond motifs is 2. The van der Waals surface area contributed by atoms with Crippen LogP contribution < -0.4 is 10.9 Å². The van der Waals surface area contributed by atoms with Crippen LogP contribution >= 0.6 is 11.3 Å². The molecule has 152 valence electrons. The molecule has 1 aliphatic heterocycles. The van der Waals surface area contributed by atoms with Crippen molar-refractivity contribution in [2.24, 2.45) is 11.8 Å². The Morgan fingerprint density at radius 1 is 1.36 bits per heavy atom. The highest BCUT2D eigenvalue weighted by Gasteiger charge is 2.42. The molecule has 8 nitrogen and oxygen atoms in total. The van der Waals surface area contributed by atoms with Gasteiger partial charge in [-0.3, -0.25) is 14.5 Å². The predicted molar refractivity (Wildman–Crippen MR) is 106 cm³/mol. The molecule has 0 spiro atoms. The maximum Gasteiger partial charge on any atom is 0.275 e. The van der Waals surface area contributed by atoms with Gasteiger partial charge in [0.15, 0.2) is 0 Å². The topological polar surface area (TPSA) is 88.8 Å². The van der Waals surface area contributed by atoms with Crippen molar-refractivity contribution in [1.29, 1.82) is 0 Å². The van der Waals surface area contributed by atoms with Crippen LogP contribution in [0.25, 0.3) is 4.96 Å². The van der Waals surface area contributed by atoms with Gasteiger partial charge >= 0.3 is 0 Å². The van der Waals surface area contributed by atoms with E-state index in [0.29, 0.717) is 23.3 Å². The van der Waals surface area contributed by atoms with Crippen molar-refractivity contribution in [2.75, 3.05) is 20.2 Å². The molecule has 1 saturated carbocycles. The summed E-state index contributed by atoms with van der Waals surface area (Å²) in [6.07, 6.45) is 2.75. The second-order valence-corrected chi connectivity index (χ2v) is 8.94. The van der Waals surface area contributed by atoms with Crippen molar-refractivity contribution in [1.82, 2.24) is 24.8 Å². The molecular weight excluding hydrogens is 378 g/mol. The largest absolute Gasteiger partial charge is 0.379 e. The summed E-state index contributed by atoms with van der Waals surface area (Å²) in [6.45, 7) is 6.18. The second-order valence-electron chi connectivity index (χ2n) is 7.90. The van der Waals surface area contributed by atoms with Crippen molar-refractivity contribution in [3.63, 3.8) is 0 Å². The van der Waals surface area contributed by atoms with Crippen molar-refractivity contribution in [3.8, 4) is 0 Å². The van der Waals surface area contributed by atoms with Crippen LogP contribution in [0.5, 0.6) is 0 Å². The van der Waals surface area contributed by atoms with Crippen LogP contribution in [0.3, 0.4) is 0 Å². The average Bonchev–Trinajstić information content (AvgIpc) is 3.23. The Morgan fingerprint density at radius 3 is 2.79 bits per heavy atom. The third-order valence-corrected chi connectivity index (χ3v) is 6.96. The van der Waals surface area contributed by atoms with Crippen LogP contribution in [0.1, 0.15) is 37.4 Å². The summed E-state index contributed by atoms with van der Waals surface area (Å²) in [5.41, 5.74) is 0.689. The standard InChI is InChI=1S/C19H27N5O3S/c1-4-17-22-24-18(26)7-14(21-19(24)28-17)10-23-8-12-5-15(20-11(2)25)16(27-3)6-13(12)9-23/h7,12-13,15-16H,4-6,8-10H2,1-3H3,(H,20,25)/t12-,13+,15-,16-/m1/s1. The first-order chi connectivity index (χ1) is 13.5. The van der Waals surface area contributed by atoms with Crippen LogP contribution in [0.4, 0.5) is 0 Å². The number of aromatic nitrogens is 3. The number of hydrogen-bond acceptors (Lipinski definition) is 7. The second kappa shape index (κ2) is 7.88. The summed E-state index contributed by atoms with van der Waals surface area (Å²) < 4.78 is 7.05. The fourth-order valence-electron chi connectivity index (χ4n) is 4.66. The lowest BCUT2D eigenvalue weighted by Crippen LogP contribution is -2.49. The molecule has 1 N–H and O–H groups in total. The monoisotopic (exact) mass is 405 g/mol. The SMILES string of the molecule is CCc1nn2c(=O)cc(CN3C[C@H]4C[C@@H](NC(C)=O)[C@H](OC)C[C@H]4C3)nc2s1. The van der Waals surface area contributed by atoms with Gasteiger partial charge in [0, 0.05) is 39.7 Å². The number of aryl methyl sites for hydroxylation is 1. The maximum atomic E-state index is 12.4. The smallest absolute Gasteiger partial charge is 0.275 e. The normalized spacial score (nSPS) is 27.8. The van der Waals surface area contributed by atoms with Gasteiger partial charge in [-0.25, -0.2) is 4.98 Å². The van der Waals surface area contributed by atoms with Crippen LogP contribution in [-0.4, -0.2) is 57.8 Å². The van der Waals surface area contributed by atoms with Gasteiger partial charge in [-0.1, -0.05) is 18.3 Å². The Balaban J connectivity index is 1.47. The minimum absolute atomic E-state index is 0.00524. The average molecular weight is 406 g/mol. The van der Waals surface area contributed by atoms with E-state index in [9.17, 15) is 9.59 Å². The Kier molecular flexibility index (Phi) is 5.48. The fraction of sp³-hybridized carbons (Fsp3) is 0.684. The number of hydrogen-bond donors (Lipinski definition) is 1. The van der Waals surface area contributed by atoms with E-state index in [2.05, 4.69) is 20.3 Å². The summed E-state index contributed by atoms with van der Waals surface area (Å²) in [5.74, 6) is 1.08. The van der Waals surface area contributed by atoms with E-state index in [1.165, 1.54) is 15.9 Å². The highest BCUT2D eigenvalue weighted by molar-refractivity contribution is 7.16. The molecule has 0 unspecified atom stereocenters. The fourth-order valence-corrected chi connectivity index (χ4v) is 5.52. The molecule has 2 aliphatic rings. The lowest BCUT2D eigenvalue weighted by atomic mass is 9.77. The first-order valence-corrected chi connectivity index (χ1v) is 10.7. The molecule has 0 radical (unpaired) electrons. The molecule has 2 aromatic heterocycles. The number of likely N-dealkylation sites (tertiary alicyclic amines) is 1. The molecule has 28 heavy (non-hydrogen) atoms. The molecule has 9 heteroatoms. The zero-order valence-electron chi connectivity index (χ0n) is 16.6. The molecule has 2 aromatic rings. The Hall–Kier alpha value is -1.84. The van der Waals surface area contributed by atoms with Gasteiger partial charge in [0.25, 0.3) is 5.56 Å². The number of nitrogens with zero attached hydrogens (tertiary/aromatic N) is 4. The van der Waals surface area contributed by atoms with Gasteiger partial charge in [-0.2, -0.15) is 9.61 Å². The van der Waals surface area contributed by atoms with Gasteiger partial charge in [-0.05, 0) is 31.1 Å². The van der Waals surface area contributed by atoms with E-state index in [0.717, 1.165) is 43.1 Å². The first kappa shape index (κ1) is 19.5. The summed E-state index contributed by atoms with van der Waals surface area (Å²) in [7, 11) is 1.72. The van der Waals surface area contributed by atoms with Gasteiger partial charge in [0.2, 0.25) is 10.9 Å². The number of nitrogens with one attached hydrogen (secondary N) is 1. The van der Waals surface area contributed by atoms with Gasteiger partial charge in [0.1, 0.15) is 5.01 Å². The molecule has 2 fully saturated rings. The van der Waals surface area contributed by atoms with Crippen molar-refractivity contribution >= 4 is 22.2 Å². The Labute approximate surface area is 167 Å². The highest BCUT2D eigenvalue weighted by Crippen LogP contribution is 2.37. The van der Waals surface area contributed by atoms with E-state index >= 15 is 0 Å². The number of ether oxygens (including phenoxy) is 1. The van der Waals surface area contributed by atoms with Crippen LogP contribution in [-0.2, 0) is 22.5 Å². The minimum Gasteiger partial charge on any atom is -0.379 e. The van der Waals surface area contributed by atoms with E-state index < -0.39 is 0 Å². The first-order valence-electron chi connectivity index (χ1n) is 9.87. The highest BCUT2D eigenvalue weighted by atomic mass is 32.1. The van der Waals surface area contributed by atoms with E-state index in [-0.39, 0.29) is 23.6 Å². The molecule has 1 saturated heterocycles. The molecule has 0 bridgehead atoms. The molecule has 3 heterocycles. The number of amides is 1. The predicted octanol–water partition coefficient (Wildman–Crippen LogP) is 1.07. The quantitative estimate of drug-likeness (QED) is 0.801. The van der Waals surface area contributed by atoms with E-state index in [4.69, 9.17) is 4.74 Å². The van der Waals surface area contributed by atoms with Gasteiger partial charge in [0.05, 0.1) is 17.8 Å². The van der Waals surface area contributed by atoms with E-state index in [1.807, 2.05) is 6.92 Å². The summed E-state index contributed by atoms with van der Waals surface area (Å²) >= 11 is 1.48. The summed E-state index contributed by atoms with van der Waals surface area (Å²) in [4.78, 5) is 31.6. The van der Waals surface area contributed by atoms with Gasteiger partial charge < -0.3 is 10.1 Å².